The summed E-state index contributed by atoms with van der Waals surface area (Å²) < 4.78 is 6.48. The highest BCUT2D eigenvalue weighted by Gasteiger charge is 2.01. The van der Waals surface area contributed by atoms with E-state index in [9.17, 15) is 0 Å². The van der Waals surface area contributed by atoms with E-state index in [4.69, 9.17) is 4.74 Å². The van der Waals surface area contributed by atoms with Crippen LogP contribution in [0.2, 0.25) is 0 Å². The van der Waals surface area contributed by atoms with E-state index in [2.05, 4.69) is 33.9 Å². The Balaban J connectivity index is 2.55. The van der Waals surface area contributed by atoms with E-state index in [-0.39, 0.29) is 0 Å². The largest absolute Gasteiger partial charge is 0.494 e. The van der Waals surface area contributed by atoms with Crippen LogP contribution in [0.25, 0.3) is 0 Å². The van der Waals surface area contributed by atoms with Gasteiger partial charge in [-0.05, 0) is 13.0 Å². The predicted molar refractivity (Wildman–Crippen MR) is 67.4 cm³/mol. The molecular formula is C12H16BrNO. The van der Waals surface area contributed by atoms with Gasteiger partial charge in [0.15, 0.2) is 0 Å². The van der Waals surface area contributed by atoms with Crippen molar-refractivity contribution in [3.8, 4) is 5.75 Å². The molecule has 1 aromatic carbocycles. The molecule has 0 amide bonds. The molecule has 0 aliphatic rings. The van der Waals surface area contributed by atoms with Gasteiger partial charge in [0, 0.05) is 23.1 Å². The van der Waals surface area contributed by atoms with Crippen molar-refractivity contribution in [1.82, 2.24) is 5.32 Å². The zero-order valence-electron chi connectivity index (χ0n) is 8.92. The first-order valence-electron chi connectivity index (χ1n) is 4.98. The number of para-hydroxylation sites is 1. The van der Waals surface area contributed by atoms with Crippen LogP contribution in [0.3, 0.4) is 0 Å². The van der Waals surface area contributed by atoms with Gasteiger partial charge in [-0.25, -0.2) is 0 Å². The summed E-state index contributed by atoms with van der Waals surface area (Å²) >= 11 is 3.31. The quantitative estimate of drug-likeness (QED) is 0.857. The van der Waals surface area contributed by atoms with E-state index in [1.807, 2.05) is 25.1 Å². The minimum atomic E-state index is 0.697. The molecule has 1 aromatic rings. The van der Waals surface area contributed by atoms with Crippen molar-refractivity contribution in [1.29, 1.82) is 0 Å². The third-order valence-electron chi connectivity index (χ3n) is 1.90. The van der Waals surface area contributed by atoms with Crippen LogP contribution >= 0.6 is 15.9 Å². The van der Waals surface area contributed by atoms with Crippen LogP contribution in [0.5, 0.6) is 5.75 Å². The van der Waals surface area contributed by atoms with Crippen molar-refractivity contribution in [3.63, 3.8) is 0 Å². The van der Waals surface area contributed by atoms with E-state index < -0.39 is 0 Å². The van der Waals surface area contributed by atoms with Gasteiger partial charge in [-0.1, -0.05) is 40.7 Å². The van der Waals surface area contributed by atoms with Gasteiger partial charge in [0.05, 0.1) is 6.61 Å². The summed E-state index contributed by atoms with van der Waals surface area (Å²) in [4.78, 5) is 0. The molecule has 0 aliphatic heterocycles. The van der Waals surface area contributed by atoms with Crippen LogP contribution in [-0.2, 0) is 6.54 Å². The number of halogens is 1. The minimum absolute atomic E-state index is 0.697. The number of nitrogens with one attached hydrogen (secondary N) is 1. The molecule has 0 aliphatic carbocycles. The van der Waals surface area contributed by atoms with Gasteiger partial charge in [-0.3, -0.25) is 0 Å². The van der Waals surface area contributed by atoms with Crippen molar-refractivity contribution in [2.75, 3.05) is 13.2 Å². The SMILES string of the molecule is C=C(Br)CNCc1ccccc1OCC. The molecule has 1 rings (SSSR count). The maximum Gasteiger partial charge on any atom is 0.123 e. The van der Waals surface area contributed by atoms with Crippen molar-refractivity contribution in [2.24, 2.45) is 0 Å². The lowest BCUT2D eigenvalue weighted by Gasteiger charge is -2.10. The van der Waals surface area contributed by atoms with Gasteiger partial charge in [0.25, 0.3) is 0 Å². The second-order valence-corrected chi connectivity index (χ2v) is 4.28. The second kappa shape index (κ2) is 6.64. The second-order valence-electron chi connectivity index (χ2n) is 3.16. The van der Waals surface area contributed by atoms with Crippen molar-refractivity contribution < 1.29 is 4.74 Å². The summed E-state index contributed by atoms with van der Waals surface area (Å²) in [6, 6.07) is 8.05. The molecule has 2 nitrogen and oxygen atoms in total. The normalized spacial score (nSPS) is 10.0. The maximum absolute atomic E-state index is 5.52. The molecule has 82 valence electrons. The Kier molecular flexibility index (Phi) is 5.43. The number of hydrogen-bond acceptors (Lipinski definition) is 2. The van der Waals surface area contributed by atoms with Gasteiger partial charge < -0.3 is 10.1 Å². The standard InChI is InChI=1S/C12H16BrNO/c1-3-15-12-7-5-4-6-11(12)9-14-8-10(2)13/h4-7,14H,2-3,8-9H2,1H3. The first-order chi connectivity index (χ1) is 7.24. The zero-order valence-corrected chi connectivity index (χ0v) is 10.5. The van der Waals surface area contributed by atoms with E-state index in [0.717, 1.165) is 23.3 Å². The minimum Gasteiger partial charge on any atom is -0.494 e. The lowest BCUT2D eigenvalue weighted by molar-refractivity contribution is 0.335. The van der Waals surface area contributed by atoms with Crippen LogP contribution in [0.1, 0.15) is 12.5 Å². The molecule has 0 aromatic heterocycles. The first-order valence-corrected chi connectivity index (χ1v) is 5.78. The number of ether oxygens (including phenoxy) is 1. The monoisotopic (exact) mass is 269 g/mol. The van der Waals surface area contributed by atoms with Crippen LogP contribution in [0.15, 0.2) is 35.3 Å². The van der Waals surface area contributed by atoms with Gasteiger partial charge in [0.1, 0.15) is 5.75 Å². The number of hydrogen-bond donors (Lipinski definition) is 1. The highest BCUT2D eigenvalue weighted by molar-refractivity contribution is 9.11. The lowest BCUT2D eigenvalue weighted by Crippen LogP contribution is -2.15. The summed E-state index contributed by atoms with van der Waals surface area (Å²) in [5, 5.41) is 3.27. The first kappa shape index (κ1) is 12.3. The van der Waals surface area contributed by atoms with Crippen molar-refractivity contribution >= 4 is 15.9 Å². The summed E-state index contributed by atoms with van der Waals surface area (Å²) in [7, 11) is 0. The molecule has 0 bridgehead atoms. The van der Waals surface area contributed by atoms with Gasteiger partial charge >= 0.3 is 0 Å². The van der Waals surface area contributed by atoms with E-state index >= 15 is 0 Å². The molecular weight excluding hydrogens is 254 g/mol. The third-order valence-corrected chi connectivity index (χ3v) is 2.19. The molecule has 3 heteroatoms. The predicted octanol–water partition coefficient (Wildman–Crippen LogP) is 3.08. The molecule has 1 N–H and O–H groups in total. The molecule has 0 atom stereocenters. The Labute approximate surface area is 99.5 Å². The Morgan fingerprint density at radius 1 is 1.47 bits per heavy atom. The van der Waals surface area contributed by atoms with Gasteiger partial charge in [-0.2, -0.15) is 0 Å². The molecule has 0 saturated heterocycles. The topological polar surface area (TPSA) is 21.3 Å². The highest BCUT2D eigenvalue weighted by Crippen LogP contribution is 2.17. The van der Waals surface area contributed by atoms with Crippen LogP contribution in [0.4, 0.5) is 0 Å². The Morgan fingerprint density at radius 3 is 2.87 bits per heavy atom. The van der Waals surface area contributed by atoms with Crippen LogP contribution < -0.4 is 10.1 Å². The fourth-order valence-corrected chi connectivity index (χ4v) is 1.48. The summed E-state index contributed by atoms with van der Waals surface area (Å²) in [6.45, 7) is 8.01. The van der Waals surface area contributed by atoms with E-state index in [0.29, 0.717) is 6.61 Å². The third kappa shape index (κ3) is 4.49. The Morgan fingerprint density at radius 2 is 2.20 bits per heavy atom. The Bertz CT molecular complexity index is 325. The summed E-state index contributed by atoms with van der Waals surface area (Å²) in [6.07, 6.45) is 0. The lowest BCUT2D eigenvalue weighted by atomic mass is 10.2. The number of rotatable bonds is 6. The molecule has 0 saturated carbocycles. The average molecular weight is 270 g/mol. The summed E-state index contributed by atoms with van der Waals surface area (Å²) in [5.41, 5.74) is 1.17. The molecule has 0 heterocycles. The molecule has 0 radical (unpaired) electrons. The number of benzene rings is 1. The van der Waals surface area contributed by atoms with Crippen LogP contribution in [0, 0.1) is 0 Å². The zero-order chi connectivity index (χ0) is 11.1. The van der Waals surface area contributed by atoms with Gasteiger partial charge in [-0.15, -0.1) is 0 Å². The van der Waals surface area contributed by atoms with Crippen molar-refractivity contribution in [3.05, 3.63) is 40.9 Å². The maximum atomic E-state index is 5.52. The molecule has 0 unspecified atom stereocenters. The average Bonchev–Trinajstić information content (AvgIpc) is 2.20. The molecule has 15 heavy (non-hydrogen) atoms. The van der Waals surface area contributed by atoms with Crippen LogP contribution in [-0.4, -0.2) is 13.2 Å². The molecule has 0 fully saturated rings. The molecule has 0 spiro atoms. The van der Waals surface area contributed by atoms with Crippen molar-refractivity contribution in [2.45, 2.75) is 13.5 Å². The highest BCUT2D eigenvalue weighted by atomic mass is 79.9. The van der Waals surface area contributed by atoms with E-state index in [1.165, 1.54) is 5.56 Å². The Hall–Kier alpha value is -0.800. The van der Waals surface area contributed by atoms with Gasteiger partial charge in [0.2, 0.25) is 0 Å². The summed E-state index contributed by atoms with van der Waals surface area (Å²) in [5.74, 6) is 0.952. The van der Waals surface area contributed by atoms with E-state index in [1.54, 1.807) is 0 Å². The fourth-order valence-electron chi connectivity index (χ4n) is 1.28. The fraction of sp³-hybridized carbons (Fsp3) is 0.333. The smallest absolute Gasteiger partial charge is 0.123 e.